The average molecular weight is 414 g/mol. The highest BCUT2D eigenvalue weighted by Crippen LogP contribution is 2.25. The Morgan fingerprint density at radius 3 is 2.34 bits per heavy atom. The van der Waals surface area contributed by atoms with Crippen molar-refractivity contribution in [1.82, 2.24) is 10.2 Å². The monoisotopic (exact) mass is 414 g/mol. The number of nitrogens with zero attached hydrogens (tertiary/aromatic N) is 1. The van der Waals surface area contributed by atoms with E-state index in [2.05, 4.69) is 5.32 Å². The van der Waals surface area contributed by atoms with Crippen LogP contribution in [0.2, 0.25) is 0 Å². The van der Waals surface area contributed by atoms with Crippen LogP contribution in [0.25, 0.3) is 11.1 Å². The second kappa shape index (κ2) is 7.71. The first-order valence-electron chi connectivity index (χ1n) is 8.97. The molecule has 0 aromatic heterocycles. The Labute approximate surface area is 169 Å². The van der Waals surface area contributed by atoms with Crippen LogP contribution in [0.5, 0.6) is 0 Å². The van der Waals surface area contributed by atoms with Crippen LogP contribution in [0, 0.1) is 0 Å². The Hall–Kier alpha value is -3.13. The Kier molecular flexibility index (Phi) is 5.48. The van der Waals surface area contributed by atoms with Crippen LogP contribution in [0.3, 0.4) is 0 Å². The Morgan fingerprint density at radius 2 is 1.79 bits per heavy atom. The first-order chi connectivity index (χ1) is 13.6. The lowest BCUT2D eigenvalue weighted by molar-refractivity contribution is -0.126. The summed E-state index contributed by atoms with van der Waals surface area (Å²) in [6.07, 6.45) is 1.16. The molecule has 29 heavy (non-hydrogen) atoms. The maximum atomic E-state index is 12.5. The van der Waals surface area contributed by atoms with Gasteiger partial charge in [0.1, 0.15) is 0 Å². The molecule has 1 aliphatic rings. The summed E-state index contributed by atoms with van der Waals surface area (Å²) in [4.78, 5) is 25.6. The van der Waals surface area contributed by atoms with E-state index in [4.69, 9.17) is 0 Å². The molecule has 8 heteroatoms. The van der Waals surface area contributed by atoms with Crippen LogP contribution in [0.4, 0.5) is 0 Å². The number of carbonyl (C=O) groups excluding carboxylic acids is 2. The second-order valence-corrected chi connectivity index (χ2v) is 9.12. The fraction of sp³-hybridized carbons (Fsp3) is 0.238. The quantitative estimate of drug-likeness (QED) is 0.781. The molecule has 0 aliphatic carbocycles. The first-order valence-corrected chi connectivity index (χ1v) is 10.9. The third-order valence-corrected chi connectivity index (χ3v) is 5.98. The van der Waals surface area contributed by atoms with Gasteiger partial charge in [-0.3, -0.25) is 9.59 Å². The third-order valence-electron chi connectivity index (χ3n) is 4.85. The summed E-state index contributed by atoms with van der Waals surface area (Å²) in [5.74, 6) is -1.57. The van der Waals surface area contributed by atoms with E-state index in [1.807, 2.05) is 31.2 Å². The molecule has 1 aliphatic heterocycles. The van der Waals surface area contributed by atoms with Crippen molar-refractivity contribution in [2.75, 3.05) is 19.8 Å². The topological polar surface area (TPSA) is 104 Å². The first kappa shape index (κ1) is 20.6. The van der Waals surface area contributed by atoms with Crippen LogP contribution in [0.1, 0.15) is 18.5 Å². The highest BCUT2D eigenvalue weighted by molar-refractivity contribution is 7.90. The lowest BCUT2D eigenvalue weighted by atomic mass is 10.00. The molecule has 152 valence electrons. The van der Waals surface area contributed by atoms with Gasteiger partial charge in [-0.1, -0.05) is 30.3 Å². The van der Waals surface area contributed by atoms with Crippen molar-refractivity contribution in [1.29, 1.82) is 0 Å². The zero-order valence-corrected chi connectivity index (χ0v) is 17.2. The van der Waals surface area contributed by atoms with E-state index >= 15 is 0 Å². The van der Waals surface area contributed by atoms with Crippen molar-refractivity contribution in [2.45, 2.75) is 17.9 Å². The standard InChI is InChI=1S/C21H22N2O5S/c1-13(22-20(25)18-12-23(2)21(26)19(18)24)15-5-4-6-16(11-15)14-7-9-17(10-8-14)29(3,27)28/h4-11,13,24H,12H2,1-3H3,(H,22,25). The zero-order valence-electron chi connectivity index (χ0n) is 16.3. The van der Waals surface area contributed by atoms with E-state index in [1.54, 1.807) is 24.3 Å². The Bertz CT molecular complexity index is 1100. The van der Waals surface area contributed by atoms with E-state index in [1.165, 1.54) is 11.9 Å². The number of hydrogen-bond donors (Lipinski definition) is 2. The maximum absolute atomic E-state index is 12.5. The lowest BCUT2D eigenvalue weighted by Crippen LogP contribution is -2.30. The van der Waals surface area contributed by atoms with Crippen molar-refractivity contribution in [3.8, 4) is 11.1 Å². The average Bonchev–Trinajstić information content (AvgIpc) is 2.95. The largest absolute Gasteiger partial charge is 0.503 e. The lowest BCUT2D eigenvalue weighted by Gasteiger charge is -2.16. The minimum Gasteiger partial charge on any atom is -0.503 e. The van der Waals surface area contributed by atoms with Gasteiger partial charge in [0, 0.05) is 13.3 Å². The van der Waals surface area contributed by atoms with Crippen LogP contribution in [-0.4, -0.2) is 50.1 Å². The molecule has 0 spiro atoms. The van der Waals surface area contributed by atoms with Crippen LogP contribution in [-0.2, 0) is 19.4 Å². The maximum Gasteiger partial charge on any atom is 0.289 e. The summed E-state index contributed by atoms with van der Waals surface area (Å²) < 4.78 is 23.2. The molecule has 2 amide bonds. The summed E-state index contributed by atoms with van der Waals surface area (Å²) in [6.45, 7) is 1.87. The predicted molar refractivity (Wildman–Crippen MR) is 109 cm³/mol. The van der Waals surface area contributed by atoms with Crippen molar-refractivity contribution >= 4 is 21.7 Å². The summed E-state index contributed by atoms with van der Waals surface area (Å²) in [6, 6.07) is 13.7. The van der Waals surface area contributed by atoms with Crippen molar-refractivity contribution in [2.24, 2.45) is 0 Å². The molecule has 2 aromatic carbocycles. The zero-order chi connectivity index (χ0) is 21.3. The van der Waals surface area contributed by atoms with Crippen LogP contribution in [0.15, 0.2) is 64.8 Å². The van der Waals surface area contributed by atoms with Gasteiger partial charge in [0.05, 0.1) is 23.1 Å². The molecule has 1 unspecified atom stereocenters. The molecule has 3 rings (SSSR count). The van der Waals surface area contributed by atoms with Gasteiger partial charge in [-0.2, -0.15) is 0 Å². The van der Waals surface area contributed by atoms with Crippen molar-refractivity contribution < 1.29 is 23.1 Å². The molecule has 1 heterocycles. The number of rotatable bonds is 5. The summed E-state index contributed by atoms with van der Waals surface area (Å²) in [7, 11) is -1.74. The highest BCUT2D eigenvalue weighted by atomic mass is 32.2. The third kappa shape index (κ3) is 4.32. The predicted octanol–water partition coefficient (Wildman–Crippen LogP) is 2.22. The van der Waals surface area contributed by atoms with Gasteiger partial charge in [-0.15, -0.1) is 0 Å². The molecule has 0 saturated heterocycles. The van der Waals surface area contributed by atoms with E-state index in [9.17, 15) is 23.1 Å². The minimum absolute atomic E-state index is 0.0527. The number of benzene rings is 2. The molecule has 7 nitrogen and oxygen atoms in total. The van der Waals surface area contributed by atoms with Gasteiger partial charge in [-0.05, 0) is 41.8 Å². The molecule has 1 atom stereocenters. The molecular formula is C21H22N2O5S. The van der Waals surface area contributed by atoms with Gasteiger partial charge < -0.3 is 15.3 Å². The van der Waals surface area contributed by atoms with Gasteiger partial charge in [-0.25, -0.2) is 8.42 Å². The number of likely N-dealkylation sites (N-methyl/N-ethyl adjacent to an activating group) is 1. The Morgan fingerprint density at radius 1 is 1.14 bits per heavy atom. The summed E-state index contributed by atoms with van der Waals surface area (Å²) >= 11 is 0. The van der Waals surface area contributed by atoms with Crippen molar-refractivity contribution in [3.05, 3.63) is 65.4 Å². The van der Waals surface area contributed by atoms with Gasteiger partial charge in [0.15, 0.2) is 15.6 Å². The number of nitrogens with one attached hydrogen (secondary N) is 1. The summed E-state index contributed by atoms with van der Waals surface area (Å²) in [5.41, 5.74) is 2.61. The van der Waals surface area contributed by atoms with E-state index in [0.717, 1.165) is 22.9 Å². The molecule has 2 N–H and O–H groups in total. The number of carbonyl (C=O) groups is 2. The number of aliphatic hydroxyl groups excluding tert-OH is 1. The normalized spacial score (nSPS) is 15.6. The number of aliphatic hydroxyl groups is 1. The summed E-state index contributed by atoms with van der Waals surface area (Å²) in [5, 5.41) is 12.6. The number of amides is 2. The van der Waals surface area contributed by atoms with Gasteiger partial charge >= 0.3 is 0 Å². The SMILES string of the molecule is CC(NC(=O)C1=C(O)C(=O)N(C)C1)c1cccc(-c2ccc(S(C)(=O)=O)cc2)c1. The van der Waals surface area contributed by atoms with E-state index in [0.29, 0.717) is 0 Å². The van der Waals surface area contributed by atoms with E-state index < -0.39 is 27.4 Å². The molecule has 2 aromatic rings. The smallest absolute Gasteiger partial charge is 0.289 e. The molecule has 0 bridgehead atoms. The van der Waals surface area contributed by atoms with Crippen LogP contribution >= 0.6 is 0 Å². The number of hydrogen-bond acceptors (Lipinski definition) is 5. The number of sulfone groups is 1. The molecule has 0 fully saturated rings. The van der Waals surface area contributed by atoms with Crippen LogP contribution < -0.4 is 5.32 Å². The van der Waals surface area contributed by atoms with Crippen molar-refractivity contribution in [3.63, 3.8) is 0 Å². The van der Waals surface area contributed by atoms with E-state index in [-0.39, 0.29) is 23.1 Å². The fourth-order valence-electron chi connectivity index (χ4n) is 3.12. The molecule has 0 saturated carbocycles. The molecular weight excluding hydrogens is 392 g/mol. The van der Waals surface area contributed by atoms with Gasteiger partial charge in [0.25, 0.3) is 11.8 Å². The fourth-order valence-corrected chi connectivity index (χ4v) is 3.75. The second-order valence-electron chi connectivity index (χ2n) is 7.11. The Balaban J connectivity index is 1.79. The van der Waals surface area contributed by atoms with Gasteiger partial charge in [0.2, 0.25) is 0 Å². The highest BCUT2D eigenvalue weighted by Gasteiger charge is 2.32. The molecule has 0 radical (unpaired) electrons. The minimum atomic E-state index is -3.26.